The number of hydrogen-bond donors (Lipinski definition) is 1. The summed E-state index contributed by atoms with van der Waals surface area (Å²) in [5.74, 6) is -0.687. The number of aliphatic carboxylic acids is 1. The van der Waals surface area contributed by atoms with Crippen molar-refractivity contribution >= 4 is 33.5 Å². The van der Waals surface area contributed by atoms with Crippen LogP contribution in [0.15, 0.2) is 22.7 Å². The van der Waals surface area contributed by atoms with Crippen molar-refractivity contribution in [2.24, 2.45) is 5.41 Å². The standard InChI is InChI=1S/C11H10BrClO2/c12-8-5-7(1-2-9(8)13)6-11(3-4-11)10(14)15/h1-2,5H,3-4,6H2,(H,14,15). The molecule has 0 saturated heterocycles. The van der Waals surface area contributed by atoms with E-state index in [9.17, 15) is 4.79 Å². The highest BCUT2D eigenvalue weighted by Crippen LogP contribution is 2.48. The van der Waals surface area contributed by atoms with Crippen molar-refractivity contribution in [3.63, 3.8) is 0 Å². The van der Waals surface area contributed by atoms with Crippen LogP contribution >= 0.6 is 27.5 Å². The van der Waals surface area contributed by atoms with Gasteiger partial charge < -0.3 is 5.11 Å². The molecule has 0 spiro atoms. The Morgan fingerprint density at radius 1 is 1.53 bits per heavy atom. The molecule has 4 heteroatoms. The van der Waals surface area contributed by atoms with Crippen molar-refractivity contribution < 1.29 is 9.90 Å². The van der Waals surface area contributed by atoms with Gasteiger partial charge in [0, 0.05) is 4.47 Å². The molecule has 1 aromatic carbocycles. The third-order valence-corrected chi connectivity index (χ3v) is 4.05. The molecule has 1 aliphatic rings. The molecule has 0 atom stereocenters. The van der Waals surface area contributed by atoms with Crippen LogP contribution in [0.2, 0.25) is 5.02 Å². The van der Waals surface area contributed by atoms with Gasteiger partial charge in [0.15, 0.2) is 0 Å². The zero-order valence-corrected chi connectivity index (χ0v) is 10.3. The van der Waals surface area contributed by atoms with Crippen molar-refractivity contribution in [1.29, 1.82) is 0 Å². The lowest BCUT2D eigenvalue weighted by Crippen LogP contribution is -2.17. The molecule has 0 radical (unpaired) electrons. The summed E-state index contributed by atoms with van der Waals surface area (Å²) in [5.41, 5.74) is 0.513. The number of carbonyl (C=O) groups is 1. The Hall–Kier alpha value is -0.540. The van der Waals surface area contributed by atoms with E-state index in [1.807, 2.05) is 12.1 Å². The molecule has 0 aromatic heterocycles. The normalized spacial score (nSPS) is 17.5. The first-order valence-electron chi connectivity index (χ1n) is 4.71. The molecule has 0 amide bonds. The van der Waals surface area contributed by atoms with Crippen molar-refractivity contribution in [1.82, 2.24) is 0 Å². The Kier molecular flexibility index (Phi) is 2.77. The van der Waals surface area contributed by atoms with Gasteiger partial charge in [-0.15, -0.1) is 0 Å². The average Bonchev–Trinajstić information content (AvgIpc) is 2.93. The highest BCUT2D eigenvalue weighted by Gasteiger charge is 2.49. The molecule has 80 valence electrons. The topological polar surface area (TPSA) is 37.3 Å². The summed E-state index contributed by atoms with van der Waals surface area (Å²) in [6.45, 7) is 0. The number of carboxylic acids is 1. The maximum absolute atomic E-state index is 11.0. The summed E-state index contributed by atoms with van der Waals surface area (Å²) in [6.07, 6.45) is 2.16. The van der Waals surface area contributed by atoms with Crippen molar-refractivity contribution in [2.75, 3.05) is 0 Å². The molecule has 1 N–H and O–H groups in total. The first kappa shape index (κ1) is 11.0. The molecule has 2 rings (SSSR count). The number of hydrogen-bond acceptors (Lipinski definition) is 1. The summed E-state index contributed by atoms with van der Waals surface area (Å²) >= 11 is 9.20. The fourth-order valence-electron chi connectivity index (χ4n) is 1.66. The van der Waals surface area contributed by atoms with Crippen molar-refractivity contribution in [3.05, 3.63) is 33.3 Å². The summed E-state index contributed by atoms with van der Waals surface area (Å²) in [4.78, 5) is 11.0. The van der Waals surface area contributed by atoms with E-state index in [1.54, 1.807) is 6.07 Å². The summed E-state index contributed by atoms with van der Waals surface area (Å²) in [5, 5.41) is 9.70. The van der Waals surface area contributed by atoms with Crippen LogP contribution in [0.3, 0.4) is 0 Å². The van der Waals surface area contributed by atoms with Gasteiger partial charge in [-0.3, -0.25) is 4.79 Å². The Morgan fingerprint density at radius 3 is 2.67 bits per heavy atom. The van der Waals surface area contributed by atoms with Gasteiger partial charge in [-0.05, 0) is 52.9 Å². The molecule has 0 aliphatic heterocycles. The van der Waals surface area contributed by atoms with Crippen LogP contribution in [0.4, 0.5) is 0 Å². The molecule has 0 heterocycles. The molecule has 1 saturated carbocycles. The van der Waals surface area contributed by atoms with E-state index in [0.717, 1.165) is 22.9 Å². The summed E-state index contributed by atoms with van der Waals surface area (Å²) in [6, 6.07) is 5.57. The molecular weight excluding hydrogens is 279 g/mol. The van der Waals surface area contributed by atoms with Crippen LogP contribution in [0.25, 0.3) is 0 Å². The zero-order chi connectivity index (χ0) is 11.1. The fraction of sp³-hybridized carbons (Fsp3) is 0.364. The molecule has 0 bridgehead atoms. The Labute approximate surface area is 101 Å². The first-order chi connectivity index (χ1) is 7.03. The second-order valence-electron chi connectivity index (χ2n) is 4.01. The molecule has 1 aromatic rings. The number of rotatable bonds is 3. The van der Waals surface area contributed by atoms with Crippen LogP contribution < -0.4 is 0 Å². The van der Waals surface area contributed by atoms with E-state index in [2.05, 4.69) is 15.9 Å². The second kappa shape index (κ2) is 3.80. The number of carboxylic acid groups (broad SMARTS) is 1. The monoisotopic (exact) mass is 288 g/mol. The predicted octanol–water partition coefficient (Wildman–Crippen LogP) is 3.51. The van der Waals surface area contributed by atoms with Crippen LogP contribution in [-0.4, -0.2) is 11.1 Å². The number of benzene rings is 1. The van der Waals surface area contributed by atoms with Gasteiger partial charge in [0.05, 0.1) is 10.4 Å². The third kappa shape index (κ3) is 2.18. The van der Waals surface area contributed by atoms with E-state index in [1.165, 1.54) is 0 Å². The van der Waals surface area contributed by atoms with Gasteiger partial charge in [0.1, 0.15) is 0 Å². The van der Waals surface area contributed by atoms with Gasteiger partial charge in [-0.1, -0.05) is 17.7 Å². The lowest BCUT2D eigenvalue weighted by Gasteiger charge is -2.10. The van der Waals surface area contributed by atoms with Crippen LogP contribution in [0, 0.1) is 5.41 Å². The van der Waals surface area contributed by atoms with E-state index in [0.29, 0.717) is 11.4 Å². The average molecular weight is 290 g/mol. The van der Waals surface area contributed by atoms with Gasteiger partial charge in [0.2, 0.25) is 0 Å². The van der Waals surface area contributed by atoms with E-state index >= 15 is 0 Å². The first-order valence-corrected chi connectivity index (χ1v) is 5.88. The minimum absolute atomic E-state index is 0.507. The van der Waals surface area contributed by atoms with Crippen molar-refractivity contribution in [2.45, 2.75) is 19.3 Å². The smallest absolute Gasteiger partial charge is 0.309 e. The third-order valence-electron chi connectivity index (χ3n) is 2.83. The second-order valence-corrected chi connectivity index (χ2v) is 5.27. The van der Waals surface area contributed by atoms with Crippen molar-refractivity contribution in [3.8, 4) is 0 Å². The Balaban J connectivity index is 2.18. The molecule has 15 heavy (non-hydrogen) atoms. The largest absolute Gasteiger partial charge is 0.481 e. The van der Waals surface area contributed by atoms with E-state index in [-0.39, 0.29) is 0 Å². The number of halogens is 2. The zero-order valence-electron chi connectivity index (χ0n) is 7.96. The maximum Gasteiger partial charge on any atom is 0.309 e. The highest BCUT2D eigenvalue weighted by atomic mass is 79.9. The minimum Gasteiger partial charge on any atom is -0.481 e. The Morgan fingerprint density at radius 2 is 2.20 bits per heavy atom. The lowest BCUT2D eigenvalue weighted by molar-refractivity contribution is -0.143. The maximum atomic E-state index is 11.0. The van der Waals surface area contributed by atoms with Crippen LogP contribution in [0.1, 0.15) is 18.4 Å². The minimum atomic E-state index is -0.687. The molecule has 2 nitrogen and oxygen atoms in total. The van der Waals surface area contributed by atoms with Gasteiger partial charge in [0.25, 0.3) is 0 Å². The van der Waals surface area contributed by atoms with Crippen LogP contribution in [0.5, 0.6) is 0 Å². The predicted molar refractivity (Wildman–Crippen MR) is 62.2 cm³/mol. The van der Waals surface area contributed by atoms with Crippen LogP contribution in [-0.2, 0) is 11.2 Å². The van der Waals surface area contributed by atoms with E-state index in [4.69, 9.17) is 16.7 Å². The van der Waals surface area contributed by atoms with Gasteiger partial charge >= 0.3 is 5.97 Å². The quantitative estimate of drug-likeness (QED) is 0.924. The highest BCUT2D eigenvalue weighted by molar-refractivity contribution is 9.10. The summed E-state index contributed by atoms with van der Waals surface area (Å²) in [7, 11) is 0. The summed E-state index contributed by atoms with van der Waals surface area (Å²) < 4.78 is 0.822. The molecule has 1 aliphatic carbocycles. The lowest BCUT2D eigenvalue weighted by atomic mass is 9.97. The molecular formula is C11H10BrClO2. The molecule has 1 fully saturated rings. The SMILES string of the molecule is O=C(O)C1(Cc2ccc(Cl)c(Br)c2)CC1. The fourth-order valence-corrected chi connectivity index (χ4v) is 2.20. The molecule has 0 unspecified atom stereocenters. The van der Waals surface area contributed by atoms with Gasteiger partial charge in [-0.25, -0.2) is 0 Å². The van der Waals surface area contributed by atoms with Gasteiger partial charge in [-0.2, -0.15) is 0 Å². The van der Waals surface area contributed by atoms with E-state index < -0.39 is 11.4 Å². The Bertz CT molecular complexity index is 413.